The fourth-order valence-corrected chi connectivity index (χ4v) is 4.64. The van der Waals surface area contributed by atoms with Gasteiger partial charge in [0.1, 0.15) is 17.2 Å². The fourth-order valence-electron chi connectivity index (χ4n) is 4.64. The Morgan fingerprint density at radius 1 is 1.05 bits per heavy atom. The maximum absolute atomic E-state index is 13.8. The highest BCUT2D eigenvalue weighted by Gasteiger charge is 2.31. The molecule has 3 N–H and O–H groups in total. The molecule has 2 heterocycles. The third kappa shape index (κ3) is 7.69. The van der Waals surface area contributed by atoms with Crippen molar-refractivity contribution in [3.63, 3.8) is 0 Å². The Morgan fingerprint density at radius 3 is 2.33 bits per heavy atom. The van der Waals surface area contributed by atoms with Gasteiger partial charge in [-0.2, -0.15) is 0 Å². The minimum atomic E-state index is -0.411. The van der Waals surface area contributed by atoms with Gasteiger partial charge in [0.05, 0.1) is 0 Å². The molecule has 1 aromatic heterocycles. The molecular formula is C33H36FN5O3. The molecule has 3 aromatic rings. The molecular weight excluding hydrogens is 533 g/mol. The quantitative estimate of drug-likeness (QED) is 0.270. The number of aromatic amines is 1. The number of benzene rings is 2. The summed E-state index contributed by atoms with van der Waals surface area (Å²) in [5.41, 5.74) is 5.08. The van der Waals surface area contributed by atoms with Crippen molar-refractivity contribution in [3.8, 4) is 0 Å². The van der Waals surface area contributed by atoms with E-state index in [0.717, 1.165) is 11.1 Å². The van der Waals surface area contributed by atoms with Crippen LogP contribution in [0.25, 0.3) is 0 Å². The first kappa shape index (κ1) is 30.2. The number of nitrogens with zero attached hydrogens (tertiary/aromatic N) is 2. The minimum Gasteiger partial charge on any atom is -0.357 e. The molecule has 1 aliphatic rings. The molecule has 0 spiro atoms. The van der Waals surface area contributed by atoms with Gasteiger partial charge in [0.15, 0.2) is 0 Å². The summed E-state index contributed by atoms with van der Waals surface area (Å²) in [5.74, 6) is -0.952. The zero-order chi connectivity index (χ0) is 30.2. The van der Waals surface area contributed by atoms with Crippen LogP contribution in [0, 0.1) is 11.7 Å². The van der Waals surface area contributed by atoms with Crippen LogP contribution in [0.4, 0.5) is 15.8 Å². The topological polar surface area (TPSA) is 107 Å². The van der Waals surface area contributed by atoms with E-state index in [2.05, 4.69) is 15.6 Å². The minimum absolute atomic E-state index is 0.00984. The number of carbonyl (C=O) groups is 3. The second-order valence-corrected chi connectivity index (χ2v) is 10.4. The van der Waals surface area contributed by atoms with E-state index in [1.54, 1.807) is 66.6 Å². The number of rotatable bonds is 9. The molecule has 1 aliphatic heterocycles. The van der Waals surface area contributed by atoms with Crippen molar-refractivity contribution in [2.45, 2.75) is 40.5 Å². The molecule has 0 bridgehead atoms. The molecule has 0 radical (unpaired) electrons. The van der Waals surface area contributed by atoms with Crippen molar-refractivity contribution in [3.05, 3.63) is 107 Å². The average Bonchev–Trinajstić information content (AvgIpc) is 3.53. The first-order valence-corrected chi connectivity index (χ1v) is 14.0. The SMILES string of the molecule is CCC(=O)Nc1ccc(NC(=O)C(=N/C(C)=C\Cc2ccc(F)cc2)C2=C(C)C(C)CN(C(=O)c3ccc[nH]3)C2)cc1. The fraction of sp³-hybridized carbons (Fsp3) is 0.273. The number of H-pyrrole nitrogens is 1. The molecule has 1 atom stereocenters. The smallest absolute Gasteiger partial charge is 0.274 e. The molecule has 8 nitrogen and oxygen atoms in total. The molecule has 0 aliphatic carbocycles. The van der Waals surface area contributed by atoms with E-state index in [0.29, 0.717) is 47.7 Å². The Morgan fingerprint density at radius 2 is 1.71 bits per heavy atom. The van der Waals surface area contributed by atoms with Crippen LogP contribution in [0.3, 0.4) is 0 Å². The summed E-state index contributed by atoms with van der Waals surface area (Å²) in [6.07, 6.45) is 4.47. The molecule has 42 heavy (non-hydrogen) atoms. The van der Waals surface area contributed by atoms with Gasteiger partial charge in [-0.05, 0) is 80.3 Å². The number of nitrogens with one attached hydrogen (secondary N) is 3. The van der Waals surface area contributed by atoms with Gasteiger partial charge in [-0.1, -0.05) is 37.6 Å². The van der Waals surface area contributed by atoms with Crippen molar-refractivity contribution in [1.82, 2.24) is 9.88 Å². The van der Waals surface area contributed by atoms with E-state index >= 15 is 0 Å². The van der Waals surface area contributed by atoms with Crippen molar-refractivity contribution in [2.24, 2.45) is 10.9 Å². The van der Waals surface area contributed by atoms with Gasteiger partial charge < -0.3 is 20.5 Å². The predicted molar refractivity (Wildman–Crippen MR) is 164 cm³/mol. The van der Waals surface area contributed by atoms with Crippen molar-refractivity contribution >= 4 is 34.8 Å². The number of hydrogen-bond donors (Lipinski definition) is 3. The number of carbonyl (C=O) groups excluding carboxylic acids is 3. The average molecular weight is 570 g/mol. The zero-order valence-corrected chi connectivity index (χ0v) is 24.3. The number of aliphatic imine (C=N–C) groups is 1. The first-order chi connectivity index (χ1) is 20.1. The number of amides is 3. The zero-order valence-electron chi connectivity index (χ0n) is 24.3. The molecule has 0 saturated carbocycles. The van der Waals surface area contributed by atoms with Gasteiger partial charge in [-0.25, -0.2) is 9.38 Å². The Bertz CT molecular complexity index is 1520. The number of halogens is 1. The van der Waals surface area contributed by atoms with Gasteiger partial charge in [-0.15, -0.1) is 0 Å². The van der Waals surface area contributed by atoms with E-state index in [-0.39, 0.29) is 35.8 Å². The molecule has 3 amide bonds. The number of allylic oxidation sites excluding steroid dienone is 2. The van der Waals surface area contributed by atoms with Crippen LogP contribution < -0.4 is 10.6 Å². The maximum atomic E-state index is 13.8. The monoisotopic (exact) mass is 569 g/mol. The lowest BCUT2D eigenvalue weighted by atomic mass is 9.89. The van der Waals surface area contributed by atoms with E-state index in [1.807, 2.05) is 26.8 Å². The van der Waals surface area contributed by atoms with Crippen LogP contribution in [0.15, 0.2) is 94.8 Å². The van der Waals surface area contributed by atoms with Gasteiger partial charge in [0, 0.05) is 48.4 Å². The lowest BCUT2D eigenvalue weighted by Crippen LogP contribution is -2.43. The Labute approximate surface area is 245 Å². The van der Waals surface area contributed by atoms with Crippen LogP contribution >= 0.6 is 0 Å². The number of hydrogen-bond acceptors (Lipinski definition) is 4. The highest BCUT2D eigenvalue weighted by atomic mass is 19.1. The summed E-state index contributed by atoms with van der Waals surface area (Å²) in [4.78, 5) is 48.2. The second kappa shape index (κ2) is 13.7. The third-order valence-electron chi connectivity index (χ3n) is 7.26. The Hall–Kier alpha value is -4.79. The van der Waals surface area contributed by atoms with Gasteiger partial charge >= 0.3 is 0 Å². The molecule has 4 rings (SSSR count). The van der Waals surface area contributed by atoms with Gasteiger partial charge in [0.25, 0.3) is 11.8 Å². The van der Waals surface area contributed by atoms with Crippen molar-refractivity contribution in [1.29, 1.82) is 0 Å². The summed E-state index contributed by atoms with van der Waals surface area (Å²) in [6.45, 7) is 8.34. The lowest BCUT2D eigenvalue weighted by Gasteiger charge is -2.34. The largest absolute Gasteiger partial charge is 0.357 e. The third-order valence-corrected chi connectivity index (χ3v) is 7.26. The molecule has 0 fully saturated rings. The van der Waals surface area contributed by atoms with Gasteiger partial charge in [-0.3, -0.25) is 14.4 Å². The normalized spacial score (nSPS) is 15.9. The maximum Gasteiger partial charge on any atom is 0.274 e. The molecule has 218 valence electrons. The number of anilines is 2. The number of aromatic nitrogens is 1. The Balaban J connectivity index is 1.64. The molecule has 2 aromatic carbocycles. The molecule has 0 saturated heterocycles. The summed E-state index contributed by atoms with van der Waals surface area (Å²) < 4.78 is 13.3. The summed E-state index contributed by atoms with van der Waals surface area (Å²) >= 11 is 0. The predicted octanol–water partition coefficient (Wildman–Crippen LogP) is 6.14. The first-order valence-electron chi connectivity index (χ1n) is 14.0. The lowest BCUT2D eigenvalue weighted by molar-refractivity contribution is -0.116. The summed E-state index contributed by atoms with van der Waals surface area (Å²) in [6, 6.07) is 16.6. The van der Waals surface area contributed by atoms with E-state index in [4.69, 9.17) is 4.99 Å². The van der Waals surface area contributed by atoms with E-state index < -0.39 is 5.91 Å². The molecule has 9 heteroatoms. The summed E-state index contributed by atoms with van der Waals surface area (Å²) in [7, 11) is 0. The van der Waals surface area contributed by atoms with Gasteiger partial charge in [0.2, 0.25) is 5.91 Å². The standard InChI is InChI=1S/C33H36FN5O3/c1-5-30(40)37-26-14-16-27(17-15-26)38-32(41)31(36-22(3)8-9-24-10-12-25(34)13-11-24)28-20-39(19-21(2)23(28)4)33(42)29-7-6-18-35-29/h6-8,10-18,21,35H,5,9,19-20H2,1-4H3,(H,37,40)(H,38,41)/b22-8-,36-31?. The highest BCUT2D eigenvalue weighted by Crippen LogP contribution is 2.27. The van der Waals surface area contributed by atoms with E-state index in [9.17, 15) is 18.8 Å². The summed E-state index contributed by atoms with van der Waals surface area (Å²) in [5, 5.41) is 5.72. The van der Waals surface area contributed by atoms with Crippen LogP contribution in [-0.2, 0) is 16.0 Å². The van der Waals surface area contributed by atoms with Crippen LogP contribution in [0.5, 0.6) is 0 Å². The molecule has 1 unspecified atom stereocenters. The van der Waals surface area contributed by atoms with Crippen LogP contribution in [0.1, 0.15) is 50.2 Å². The van der Waals surface area contributed by atoms with E-state index in [1.165, 1.54) is 12.1 Å². The Kier molecular flexibility index (Phi) is 9.85. The van der Waals surface area contributed by atoms with Crippen LogP contribution in [0.2, 0.25) is 0 Å². The van der Waals surface area contributed by atoms with Crippen molar-refractivity contribution < 1.29 is 18.8 Å². The van der Waals surface area contributed by atoms with Crippen molar-refractivity contribution in [2.75, 3.05) is 23.7 Å². The second-order valence-electron chi connectivity index (χ2n) is 10.4. The highest BCUT2D eigenvalue weighted by molar-refractivity contribution is 6.49. The van der Waals surface area contributed by atoms with Crippen LogP contribution in [-0.4, -0.2) is 46.4 Å².